The summed E-state index contributed by atoms with van der Waals surface area (Å²) in [5, 5.41) is 11.7. The van der Waals surface area contributed by atoms with Crippen LogP contribution in [0.15, 0.2) is 24.4 Å². The maximum Gasteiger partial charge on any atom is 0.416 e. The van der Waals surface area contributed by atoms with Crippen LogP contribution in [0, 0.1) is 11.3 Å². The van der Waals surface area contributed by atoms with Crippen LogP contribution in [0.2, 0.25) is 0 Å². The number of amides is 1. The minimum Gasteiger partial charge on any atom is -0.444 e. The van der Waals surface area contributed by atoms with E-state index in [0.29, 0.717) is 5.69 Å². The van der Waals surface area contributed by atoms with E-state index in [2.05, 4.69) is 15.3 Å². The molecule has 2 heterocycles. The average Bonchev–Trinajstić information content (AvgIpc) is 3.03. The Morgan fingerprint density at radius 3 is 2.59 bits per heavy atom. The molecule has 0 atom stereocenters. The van der Waals surface area contributed by atoms with Crippen molar-refractivity contribution in [2.75, 3.05) is 5.32 Å². The van der Waals surface area contributed by atoms with E-state index in [-0.39, 0.29) is 30.3 Å². The van der Waals surface area contributed by atoms with Gasteiger partial charge in [-0.2, -0.15) is 18.4 Å². The first-order valence-corrected chi connectivity index (χ1v) is 8.67. The molecule has 0 radical (unpaired) electrons. The summed E-state index contributed by atoms with van der Waals surface area (Å²) in [6, 6.07) is 4.63. The van der Waals surface area contributed by atoms with Crippen molar-refractivity contribution >= 4 is 17.7 Å². The van der Waals surface area contributed by atoms with E-state index >= 15 is 0 Å². The van der Waals surface area contributed by atoms with Gasteiger partial charge < -0.3 is 10.1 Å². The first kappa shape index (κ1) is 20.4. The van der Waals surface area contributed by atoms with E-state index < -0.39 is 23.4 Å². The quantitative estimate of drug-likeness (QED) is 0.798. The molecule has 1 amide bonds. The minimum absolute atomic E-state index is 0.0401. The Balaban J connectivity index is 1.79. The standard InChI is InChI=1S/C19H18F3N5O2/c1-18(2,3)29-17(28)27-9-12-8-24-16(26-15(12)10-27)25-14-5-11(7-23)4-13(6-14)19(20,21)22/h4-6,8H,9-10H2,1-3H3,(H,24,25,26). The Morgan fingerprint density at radius 2 is 1.97 bits per heavy atom. The third-order valence-corrected chi connectivity index (χ3v) is 3.95. The van der Waals surface area contributed by atoms with Gasteiger partial charge in [0, 0.05) is 17.4 Å². The van der Waals surface area contributed by atoms with Gasteiger partial charge in [0.2, 0.25) is 5.95 Å². The van der Waals surface area contributed by atoms with E-state index in [0.717, 1.165) is 17.7 Å². The molecule has 1 aliphatic rings. The van der Waals surface area contributed by atoms with Crippen LogP contribution in [0.25, 0.3) is 0 Å². The van der Waals surface area contributed by atoms with Crippen LogP contribution < -0.4 is 5.32 Å². The van der Waals surface area contributed by atoms with Crippen LogP contribution in [0.3, 0.4) is 0 Å². The summed E-state index contributed by atoms with van der Waals surface area (Å²) in [5.41, 5.74) is -0.384. The van der Waals surface area contributed by atoms with Gasteiger partial charge in [-0.15, -0.1) is 0 Å². The molecule has 1 aromatic heterocycles. The molecule has 3 rings (SSSR count). The highest BCUT2D eigenvalue weighted by Crippen LogP contribution is 2.32. The second kappa shape index (κ2) is 7.24. The highest BCUT2D eigenvalue weighted by Gasteiger charge is 2.32. The van der Waals surface area contributed by atoms with Gasteiger partial charge in [0.05, 0.1) is 36.0 Å². The molecule has 10 heteroatoms. The van der Waals surface area contributed by atoms with Crippen LogP contribution in [0.5, 0.6) is 0 Å². The fraction of sp³-hybridized carbons (Fsp3) is 0.368. The lowest BCUT2D eigenvalue weighted by Crippen LogP contribution is -2.33. The smallest absolute Gasteiger partial charge is 0.416 e. The number of fused-ring (bicyclic) bond motifs is 1. The lowest BCUT2D eigenvalue weighted by Gasteiger charge is -2.23. The number of carbonyl (C=O) groups is 1. The highest BCUT2D eigenvalue weighted by atomic mass is 19.4. The number of nitrogens with one attached hydrogen (secondary N) is 1. The largest absolute Gasteiger partial charge is 0.444 e. The number of aromatic nitrogens is 2. The van der Waals surface area contributed by atoms with Crippen molar-refractivity contribution in [2.45, 2.75) is 45.6 Å². The number of benzene rings is 1. The number of anilines is 2. The Labute approximate surface area is 165 Å². The van der Waals surface area contributed by atoms with E-state index in [1.807, 2.05) is 0 Å². The molecule has 0 saturated heterocycles. The zero-order chi connectivity index (χ0) is 21.4. The number of hydrogen-bond donors (Lipinski definition) is 1. The molecule has 7 nitrogen and oxygen atoms in total. The summed E-state index contributed by atoms with van der Waals surface area (Å²) in [6.07, 6.45) is -3.56. The molecule has 0 unspecified atom stereocenters. The zero-order valence-corrected chi connectivity index (χ0v) is 16.0. The third kappa shape index (κ3) is 4.93. The zero-order valence-electron chi connectivity index (χ0n) is 16.0. The van der Waals surface area contributed by atoms with Crippen molar-refractivity contribution in [3.05, 3.63) is 46.8 Å². The molecule has 2 aromatic rings. The summed E-state index contributed by atoms with van der Waals surface area (Å²) in [7, 11) is 0. The number of ether oxygens (including phenoxy) is 1. The summed E-state index contributed by atoms with van der Waals surface area (Å²) in [6.45, 7) is 5.78. The SMILES string of the molecule is CC(C)(C)OC(=O)N1Cc2cnc(Nc3cc(C#N)cc(C(F)(F)F)c3)nc2C1. The predicted molar refractivity (Wildman–Crippen MR) is 97.0 cm³/mol. The molecule has 1 aliphatic heterocycles. The molecule has 0 aliphatic carbocycles. The molecular weight excluding hydrogens is 387 g/mol. The average molecular weight is 405 g/mol. The van der Waals surface area contributed by atoms with Gasteiger partial charge in [-0.05, 0) is 39.0 Å². The Hall–Kier alpha value is -3.35. The lowest BCUT2D eigenvalue weighted by atomic mass is 10.1. The van der Waals surface area contributed by atoms with Crippen molar-refractivity contribution in [3.63, 3.8) is 0 Å². The molecular formula is C19H18F3N5O2. The summed E-state index contributed by atoms with van der Waals surface area (Å²) in [4.78, 5) is 22.1. The number of nitriles is 1. The normalized spacial score (nSPS) is 13.6. The second-order valence-electron chi connectivity index (χ2n) is 7.54. The van der Waals surface area contributed by atoms with E-state index in [9.17, 15) is 18.0 Å². The number of alkyl halides is 3. The van der Waals surface area contributed by atoms with E-state index in [1.165, 1.54) is 17.2 Å². The maximum absolute atomic E-state index is 13.0. The maximum atomic E-state index is 13.0. The fourth-order valence-corrected chi connectivity index (χ4v) is 2.73. The molecule has 0 saturated carbocycles. The van der Waals surface area contributed by atoms with Gasteiger partial charge in [0.25, 0.3) is 0 Å². The lowest BCUT2D eigenvalue weighted by molar-refractivity contribution is -0.137. The molecule has 0 bridgehead atoms. The van der Waals surface area contributed by atoms with Crippen molar-refractivity contribution in [2.24, 2.45) is 0 Å². The minimum atomic E-state index is -4.59. The first-order valence-electron chi connectivity index (χ1n) is 8.67. The van der Waals surface area contributed by atoms with Crippen LogP contribution in [-0.2, 0) is 24.0 Å². The van der Waals surface area contributed by atoms with Crippen molar-refractivity contribution in [1.82, 2.24) is 14.9 Å². The fourth-order valence-electron chi connectivity index (χ4n) is 2.73. The number of nitrogens with zero attached hydrogens (tertiary/aromatic N) is 4. The molecule has 152 valence electrons. The number of rotatable bonds is 2. The summed E-state index contributed by atoms with van der Waals surface area (Å²) < 4.78 is 44.4. The van der Waals surface area contributed by atoms with Crippen LogP contribution in [0.4, 0.5) is 29.6 Å². The highest BCUT2D eigenvalue weighted by molar-refractivity contribution is 5.69. The number of hydrogen-bond acceptors (Lipinski definition) is 6. The van der Waals surface area contributed by atoms with Gasteiger partial charge in [0.15, 0.2) is 0 Å². The first-order chi connectivity index (χ1) is 13.4. The van der Waals surface area contributed by atoms with Crippen molar-refractivity contribution < 1.29 is 22.7 Å². The summed E-state index contributed by atoms with van der Waals surface area (Å²) >= 11 is 0. The van der Waals surface area contributed by atoms with Crippen LogP contribution in [-0.4, -0.2) is 26.6 Å². The monoisotopic (exact) mass is 405 g/mol. The van der Waals surface area contributed by atoms with Gasteiger partial charge in [-0.25, -0.2) is 14.8 Å². The van der Waals surface area contributed by atoms with Crippen LogP contribution >= 0.6 is 0 Å². The molecule has 0 spiro atoms. The number of carbonyl (C=O) groups excluding carboxylic acids is 1. The molecule has 1 aromatic carbocycles. The van der Waals surface area contributed by atoms with Crippen molar-refractivity contribution in [3.8, 4) is 6.07 Å². The Kier molecular flexibility index (Phi) is 5.09. The number of halogens is 3. The van der Waals surface area contributed by atoms with Gasteiger partial charge in [-0.1, -0.05) is 0 Å². The second-order valence-corrected chi connectivity index (χ2v) is 7.54. The predicted octanol–water partition coefficient (Wildman–Crippen LogP) is 4.36. The van der Waals surface area contributed by atoms with Crippen LogP contribution in [0.1, 0.15) is 43.2 Å². The molecule has 1 N–H and O–H groups in total. The molecule has 29 heavy (non-hydrogen) atoms. The van der Waals surface area contributed by atoms with Gasteiger partial charge in [0.1, 0.15) is 5.60 Å². The van der Waals surface area contributed by atoms with Gasteiger partial charge >= 0.3 is 12.3 Å². The van der Waals surface area contributed by atoms with E-state index in [1.54, 1.807) is 26.8 Å². The Bertz CT molecular complexity index is 993. The van der Waals surface area contributed by atoms with Gasteiger partial charge in [-0.3, -0.25) is 4.90 Å². The third-order valence-electron chi connectivity index (χ3n) is 3.95. The topological polar surface area (TPSA) is 91.1 Å². The Morgan fingerprint density at radius 1 is 1.24 bits per heavy atom. The van der Waals surface area contributed by atoms with E-state index in [4.69, 9.17) is 10.00 Å². The van der Waals surface area contributed by atoms with Crippen molar-refractivity contribution in [1.29, 1.82) is 5.26 Å². The molecule has 0 fully saturated rings. The summed E-state index contributed by atoms with van der Waals surface area (Å²) in [5.74, 6) is 0.0676.